The highest BCUT2D eigenvalue weighted by molar-refractivity contribution is 5.76. The minimum atomic E-state index is -0.371. The summed E-state index contributed by atoms with van der Waals surface area (Å²) in [5.41, 5.74) is 5.77. The largest absolute Gasteiger partial charge is 0.391 e. The molecule has 88 valence electrons. The fourth-order valence-electron chi connectivity index (χ4n) is 1.39. The molecule has 1 saturated carbocycles. The SMILES string of the molecule is CC(C)C(N)CC(=O)NCC(O)C1CC1. The van der Waals surface area contributed by atoms with Crippen LogP contribution in [0.5, 0.6) is 0 Å². The van der Waals surface area contributed by atoms with Crippen LogP contribution in [0.2, 0.25) is 0 Å². The van der Waals surface area contributed by atoms with E-state index in [0.29, 0.717) is 24.8 Å². The fourth-order valence-corrected chi connectivity index (χ4v) is 1.39. The third kappa shape index (κ3) is 4.62. The molecule has 1 fully saturated rings. The van der Waals surface area contributed by atoms with Crippen molar-refractivity contribution in [1.82, 2.24) is 5.32 Å². The second kappa shape index (κ2) is 5.47. The van der Waals surface area contributed by atoms with Crippen LogP contribution in [0, 0.1) is 11.8 Å². The molecule has 15 heavy (non-hydrogen) atoms. The molecular formula is C11H22N2O2. The van der Waals surface area contributed by atoms with Crippen molar-refractivity contribution >= 4 is 5.91 Å². The molecule has 4 N–H and O–H groups in total. The number of nitrogens with two attached hydrogens (primary N) is 1. The van der Waals surface area contributed by atoms with Crippen LogP contribution >= 0.6 is 0 Å². The molecule has 0 aromatic heterocycles. The van der Waals surface area contributed by atoms with Gasteiger partial charge in [-0.05, 0) is 24.7 Å². The molecule has 4 heteroatoms. The number of rotatable bonds is 6. The van der Waals surface area contributed by atoms with E-state index in [4.69, 9.17) is 5.73 Å². The monoisotopic (exact) mass is 214 g/mol. The van der Waals surface area contributed by atoms with Crippen LogP contribution < -0.4 is 11.1 Å². The number of amides is 1. The Labute approximate surface area is 91.2 Å². The van der Waals surface area contributed by atoms with Gasteiger partial charge in [0, 0.05) is 19.0 Å². The molecule has 0 aliphatic heterocycles. The van der Waals surface area contributed by atoms with E-state index in [0.717, 1.165) is 12.8 Å². The second-order valence-electron chi connectivity index (χ2n) is 4.82. The molecule has 1 aliphatic carbocycles. The minimum absolute atomic E-state index is 0.0594. The van der Waals surface area contributed by atoms with Crippen molar-refractivity contribution in [3.05, 3.63) is 0 Å². The summed E-state index contributed by atoms with van der Waals surface area (Å²) in [6, 6.07) is -0.0944. The average Bonchev–Trinajstić information content (AvgIpc) is 2.96. The van der Waals surface area contributed by atoms with Gasteiger partial charge in [-0.1, -0.05) is 13.8 Å². The van der Waals surface area contributed by atoms with Crippen LogP contribution in [0.25, 0.3) is 0 Å². The molecule has 1 amide bonds. The maximum Gasteiger partial charge on any atom is 0.221 e. The van der Waals surface area contributed by atoms with Gasteiger partial charge >= 0.3 is 0 Å². The van der Waals surface area contributed by atoms with Crippen molar-refractivity contribution in [2.45, 2.75) is 45.3 Å². The lowest BCUT2D eigenvalue weighted by molar-refractivity contribution is -0.122. The van der Waals surface area contributed by atoms with Gasteiger partial charge in [0.1, 0.15) is 0 Å². The Morgan fingerprint density at radius 2 is 2.13 bits per heavy atom. The Kier molecular flexibility index (Phi) is 4.54. The van der Waals surface area contributed by atoms with Crippen LogP contribution in [0.15, 0.2) is 0 Å². The predicted molar refractivity (Wildman–Crippen MR) is 59.2 cm³/mol. The van der Waals surface area contributed by atoms with Gasteiger partial charge in [0.2, 0.25) is 5.91 Å². The van der Waals surface area contributed by atoms with Gasteiger partial charge in [-0.2, -0.15) is 0 Å². The summed E-state index contributed by atoms with van der Waals surface area (Å²) in [7, 11) is 0. The topological polar surface area (TPSA) is 75.4 Å². The molecular weight excluding hydrogens is 192 g/mol. The maximum absolute atomic E-state index is 11.4. The van der Waals surface area contributed by atoms with Gasteiger partial charge in [0.05, 0.1) is 6.10 Å². The van der Waals surface area contributed by atoms with Gasteiger partial charge in [-0.15, -0.1) is 0 Å². The first kappa shape index (κ1) is 12.5. The maximum atomic E-state index is 11.4. The molecule has 0 aromatic rings. The quantitative estimate of drug-likeness (QED) is 0.593. The number of aliphatic hydroxyl groups is 1. The Morgan fingerprint density at radius 3 is 2.60 bits per heavy atom. The van der Waals surface area contributed by atoms with E-state index in [2.05, 4.69) is 5.32 Å². The van der Waals surface area contributed by atoms with Crippen LogP contribution in [-0.2, 0) is 4.79 Å². The summed E-state index contributed by atoms with van der Waals surface area (Å²) in [5.74, 6) is 0.657. The normalized spacial score (nSPS) is 20.1. The van der Waals surface area contributed by atoms with Gasteiger partial charge < -0.3 is 16.2 Å². The number of hydrogen-bond donors (Lipinski definition) is 3. The zero-order valence-electron chi connectivity index (χ0n) is 9.57. The molecule has 2 atom stereocenters. The third-order valence-electron chi connectivity index (χ3n) is 2.95. The number of aliphatic hydroxyl groups excluding tert-OH is 1. The average molecular weight is 214 g/mol. The summed E-state index contributed by atoms with van der Waals surface area (Å²) in [4.78, 5) is 11.4. The molecule has 0 radical (unpaired) electrons. The zero-order valence-corrected chi connectivity index (χ0v) is 9.57. The lowest BCUT2D eigenvalue weighted by atomic mass is 10.0. The first-order valence-corrected chi connectivity index (χ1v) is 5.71. The highest BCUT2D eigenvalue weighted by Gasteiger charge is 2.29. The highest BCUT2D eigenvalue weighted by Crippen LogP contribution is 2.32. The van der Waals surface area contributed by atoms with E-state index in [-0.39, 0.29) is 18.1 Å². The Morgan fingerprint density at radius 1 is 1.53 bits per heavy atom. The summed E-state index contributed by atoms with van der Waals surface area (Å²) in [5, 5.41) is 12.3. The van der Waals surface area contributed by atoms with Gasteiger partial charge in [-0.25, -0.2) is 0 Å². The fraction of sp³-hybridized carbons (Fsp3) is 0.909. The van der Waals surface area contributed by atoms with Crippen molar-refractivity contribution in [2.24, 2.45) is 17.6 Å². The van der Waals surface area contributed by atoms with E-state index >= 15 is 0 Å². The van der Waals surface area contributed by atoms with Crippen molar-refractivity contribution in [3.63, 3.8) is 0 Å². The number of carbonyl (C=O) groups excluding carboxylic acids is 1. The molecule has 4 nitrogen and oxygen atoms in total. The number of nitrogens with one attached hydrogen (secondary N) is 1. The predicted octanol–water partition coefficient (Wildman–Crippen LogP) is 0.247. The molecule has 0 saturated heterocycles. The van der Waals surface area contributed by atoms with Crippen LogP contribution in [-0.4, -0.2) is 29.7 Å². The van der Waals surface area contributed by atoms with Crippen LogP contribution in [0.3, 0.4) is 0 Å². The summed E-state index contributed by atoms with van der Waals surface area (Å²) in [6.45, 7) is 4.36. The number of carbonyl (C=O) groups is 1. The van der Waals surface area contributed by atoms with E-state index < -0.39 is 0 Å². The van der Waals surface area contributed by atoms with Crippen molar-refractivity contribution < 1.29 is 9.90 Å². The second-order valence-corrected chi connectivity index (χ2v) is 4.82. The molecule has 0 spiro atoms. The standard InChI is InChI=1S/C11H22N2O2/c1-7(2)9(12)5-11(15)13-6-10(14)8-3-4-8/h7-10,14H,3-6,12H2,1-2H3,(H,13,15). The van der Waals surface area contributed by atoms with Crippen LogP contribution in [0.1, 0.15) is 33.1 Å². The van der Waals surface area contributed by atoms with E-state index in [9.17, 15) is 9.90 Å². The molecule has 0 heterocycles. The Hall–Kier alpha value is -0.610. The summed E-state index contributed by atoms with van der Waals surface area (Å²) >= 11 is 0. The lowest BCUT2D eigenvalue weighted by Crippen LogP contribution is -2.38. The Balaban J connectivity index is 2.12. The van der Waals surface area contributed by atoms with E-state index in [1.165, 1.54) is 0 Å². The molecule has 1 aliphatic rings. The van der Waals surface area contributed by atoms with Crippen molar-refractivity contribution in [3.8, 4) is 0 Å². The minimum Gasteiger partial charge on any atom is -0.391 e. The Bertz CT molecular complexity index is 215. The molecule has 0 aromatic carbocycles. The first-order valence-electron chi connectivity index (χ1n) is 5.71. The summed E-state index contributed by atoms with van der Waals surface area (Å²) < 4.78 is 0. The highest BCUT2D eigenvalue weighted by atomic mass is 16.3. The van der Waals surface area contributed by atoms with Gasteiger partial charge in [-0.3, -0.25) is 4.79 Å². The third-order valence-corrected chi connectivity index (χ3v) is 2.95. The van der Waals surface area contributed by atoms with Crippen molar-refractivity contribution in [2.75, 3.05) is 6.54 Å². The van der Waals surface area contributed by atoms with Crippen LogP contribution in [0.4, 0.5) is 0 Å². The molecule has 1 rings (SSSR count). The van der Waals surface area contributed by atoms with E-state index in [1.807, 2.05) is 13.8 Å². The number of hydrogen-bond acceptors (Lipinski definition) is 3. The smallest absolute Gasteiger partial charge is 0.221 e. The van der Waals surface area contributed by atoms with Gasteiger partial charge in [0.15, 0.2) is 0 Å². The van der Waals surface area contributed by atoms with Gasteiger partial charge in [0.25, 0.3) is 0 Å². The lowest BCUT2D eigenvalue weighted by Gasteiger charge is -2.16. The molecule has 2 unspecified atom stereocenters. The first-order chi connectivity index (χ1) is 7.00. The molecule has 0 bridgehead atoms. The van der Waals surface area contributed by atoms with E-state index in [1.54, 1.807) is 0 Å². The zero-order chi connectivity index (χ0) is 11.4. The van der Waals surface area contributed by atoms with Crippen molar-refractivity contribution in [1.29, 1.82) is 0 Å². The summed E-state index contributed by atoms with van der Waals surface area (Å²) in [6.07, 6.45) is 2.14.